The van der Waals surface area contributed by atoms with E-state index in [0.717, 1.165) is 28.6 Å². The normalized spacial score (nSPS) is 11.4. The zero-order chi connectivity index (χ0) is 21.3. The number of aromatic nitrogens is 2. The van der Waals surface area contributed by atoms with E-state index in [2.05, 4.69) is 14.7 Å². The smallest absolute Gasteiger partial charge is 0.261 e. The molecule has 0 radical (unpaired) electrons. The first-order chi connectivity index (χ1) is 14.4. The third kappa shape index (κ3) is 4.05. The van der Waals surface area contributed by atoms with E-state index in [1.54, 1.807) is 25.6 Å². The van der Waals surface area contributed by atoms with Crippen LogP contribution in [-0.4, -0.2) is 25.5 Å². The van der Waals surface area contributed by atoms with Crippen LogP contribution in [0, 0.1) is 5.82 Å². The molecule has 0 fully saturated rings. The highest BCUT2D eigenvalue weighted by Gasteiger charge is 2.17. The number of methoxy groups -OCH3 is 1. The van der Waals surface area contributed by atoms with Gasteiger partial charge < -0.3 is 4.74 Å². The second-order valence-electron chi connectivity index (χ2n) is 6.40. The molecule has 0 aliphatic carbocycles. The highest BCUT2D eigenvalue weighted by Crippen LogP contribution is 2.30. The molecule has 0 unspecified atom stereocenters. The van der Waals surface area contributed by atoms with Gasteiger partial charge in [-0.25, -0.2) is 17.8 Å². The van der Waals surface area contributed by atoms with Gasteiger partial charge >= 0.3 is 0 Å². The molecule has 0 saturated heterocycles. The second kappa shape index (κ2) is 7.89. The third-order valence-electron chi connectivity index (χ3n) is 4.43. The molecule has 4 rings (SSSR count). The SMILES string of the molecule is COc1cnc2ccc(-c3cnc(Cl)c(NS(=O)(=O)c4ccc(F)cc4)c3)cc2c1. The Kier molecular flexibility index (Phi) is 5.27. The van der Waals surface area contributed by atoms with Crippen molar-refractivity contribution in [2.75, 3.05) is 11.8 Å². The zero-order valence-electron chi connectivity index (χ0n) is 15.6. The summed E-state index contributed by atoms with van der Waals surface area (Å²) in [5, 5.41) is 0.851. The van der Waals surface area contributed by atoms with E-state index in [1.165, 1.54) is 12.1 Å². The van der Waals surface area contributed by atoms with Crippen LogP contribution in [0.4, 0.5) is 10.1 Å². The standard InChI is InChI=1S/C21H15ClFN3O3S/c1-29-17-9-14-8-13(2-7-19(14)24-12-17)15-10-20(21(22)25-11-15)26-30(27,28)18-5-3-16(23)4-6-18/h2-12,26H,1H3. The van der Waals surface area contributed by atoms with Crippen LogP contribution in [0.1, 0.15) is 0 Å². The molecule has 2 aromatic carbocycles. The maximum Gasteiger partial charge on any atom is 0.261 e. The first-order valence-electron chi connectivity index (χ1n) is 8.74. The summed E-state index contributed by atoms with van der Waals surface area (Å²) in [4.78, 5) is 8.34. The van der Waals surface area contributed by atoms with Gasteiger partial charge in [0.15, 0.2) is 5.15 Å². The largest absolute Gasteiger partial charge is 0.495 e. The Balaban J connectivity index is 1.71. The average Bonchev–Trinajstić information content (AvgIpc) is 2.74. The van der Waals surface area contributed by atoms with Crippen molar-refractivity contribution in [2.45, 2.75) is 4.90 Å². The summed E-state index contributed by atoms with van der Waals surface area (Å²) in [5.74, 6) is 0.0969. The summed E-state index contributed by atoms with van der Waals surface area (Å²) in [7, 11) is -2.40. The van der Waals surface area contributed by atoms with Crippen molar-refractivity contribution in [3.63, 3.8) is 0 Å². The number of nitrogens with zero attached hydrogens (tertiary/aromatic N) is 2. The summed E-state index contributed by atoms with van der Waals surface area (Å²) in [6, 6.07) is 13.5. The second-order valence-corrected chi connectivity index (χ2v) is 8.44. The van der Waals surface area contributed by atoms with Crippen LogP contribution >= 0.6 is 11.6 Å². The van der Waals surface area contributed by atoms with Crippen LogP contribution in [0.3, 0.4) is 0 Å². The molecule has 6 nitrogen and oxygen atoms in total. The van der Waals surface area contributed by atoms with Crippen molar-refractivity contribution >= 4 is 38.2 Å². The van der Waals surface area contributed by atoms with Gasteiger partial charge in [-0.3, -0.25) is 9.71 Å². The fourth-order valence-corrected chi connectivity index (χ4v) is 4.16. The fourth-order valence-electron chi connectivity index (χ4n) is 2.90. The Labute approximate surface area is 177 Å². The number of fused-ring (bicyclic) bond motifs is 1. The van der Waals surface area contributed by atoms with Crippen LogP contribution in [0.25, 0.3) is 22.0 Å². The maximum atomic E-state index is 13.1. The van der Waals surface area contributed by atoms with E-state index < -0.39 is 15.8 Å². The number of nitrogens with one attached hydrogen (secondary N) is 1. The predicted octanol–water partition coefficient (Wildman–Crippen LogP) is 4.90. The van der Waals surface area contributed by atoms with Gasteiger partial charge in [-0.15, -0.1) is 0 Å². The van der Waals surface area contributed by atoms with E-state index in [4.69, 9.17) is 16.3 Å². The molecule has 0 bridgehead atoms. The van der Waals surface area contributed by atoms with Crippen molar-refractivity contribution in [1.29, 1.82) is 0 Å². The number of pyridine rings is 2. The monoisotopic (exact) mass is 443 g/mol. The topological polar surface area (TPSA) is 81.2 Å². The number of hydrogen-bond donors (Lipinski definition) is 1. The van der Waals surface area contributed by atoms with Crippen LogP contribution in [-0.2, 0) is 10.0 Å². The molecule has 0 aliphatic heterocycles. The molecular weight excluding hydrogens is 429 g/mol. The highest BCUT2D eigenvalue weighted by molar-refractivity contribution is 7.92. The van der Waals surface area contributed by atoms with Crippen LogP contribution in [0.5, 0.6) is 5.75 Å². The lowest BCUT2D eigenvalue weighted by Crippen LogP contribution is -2.13. The van der Waals surface area contributed by atoms with E-state index >= 15 is 0 Å². The lowest BCUT2D eigenvalue weighted by Gasteiger charge is -2.11. The lowest BCUT2D eigenvalue weighted by atomic mass is 10.0. The van der Waals surface area contributed by atoms with E-state index in [-0.39, 0.29) is 15.7 Å². The van der Waals surface area contributed by atoms with Gasteiger partial charge in [0, 0.05) is 17.1 Å². The highest BCUT2D eigenvalue weighted by atomic mass is 35.5. The first-order valence-corrected chi connectivity index (χ1v) is 10.6. The molecule has 9 heteroatoms. The number of benzene rings is 2. The summed E-state index contributed by atoms with van der Waals surface area (Å²) in [6.45, 7) is 0. The van der Waals surface area contributed by atoms with Gasteiger partial charge in [-0.05, 0) is 54.1 Å². The Bertz CT molecular complexity index is 1350. The van der Waals surface area contributed by atoms with Gasteiger partial charge in [0.05, 0.1) is 29.4 Å². The molecular formula is C21H15ClFN3O3S. The summed E-state index contributed by atoms with van der Waals surface area (Å²) in [5.41, 5.74) is 2.35. The average molecular weight is 444 g/mol. The van der Waals surface area contributed by atoms with Crippen molar-refractivity contribution in [3.8, 4) is 16.9 Å². The molecule has 0 saturated carbocycles. The summed E-state index contributed by atoms with van der Waals surface area (Å²) < 4.78 is 46.0. The van der Waals surface area contributed by atoms with Gasteiger partial charge in [0.1, 0.15) is 11.6 Å². The Hall–Kier alpha value is -3.23. The van der Waals surface area contributed by atoms with E-state index in [9.17, 15) is 12.8 Å². The van der Waals surface area contributed by atoms with Crippen LogP contribution in [0.2, 0.25) is 5.15 Å². The minimum Gasteiger partial charge on any atom is -0.495 e. The number of hydrogen-bond acceptors (Lipinski definition) is 5. The van der Waals surface area contributed by atoms with Crippen LogP contribution < -0.4 is 9.46 Å². The molecule has 152 valence electrons. The Morgan fingerprint density at radius 3 is 2.47 bits per heavy atom. The fraction of sp³-hybridized carbons (Fsp3) is 0.0476. The van der Waals surface area contributed by atoms with Gasteiger partial charge in [-0.2, -0.15) is 0 Å². The molecule has 30 heavy (non-hydrogen) atoms. The number of anilines is 1. The van der Waals surface area contributed by atoms with Crippen molar-refractivity contribution in [3.05, 3.63) is 78.0 Å². The molecule has 0 spiro atoms. The molecule has 0 amide bonds. The first kappa shape index (κ1) is 20.1. The Morgan fingerprint density at radius 2 is 1.73 bits per heavy atom. The summed E-state index contributed by atoms with van der Waals surface area (Å²) >= 11 is 6.11. The quantitative estimate of drug-likeness (QED) is 0.444. The molecule has 0 atom stereocenters. The maximum absolute atomic E-state index is 13.1. The minimum absolute atomic E-state index is 0.00596. The predicted molar refractivity (Wildman–Crippen MR) is 114 cm³/mol. The van der Waals surface area contributed by atoms with Gasteiger partial charge in [0.25, 0.3) is 10.0 Å². The zero-order valence-corrected chi connectivity index (χ0v) is 17.2. The number of sulfonamides is 1. The lowest BCUT2D eigenvalue weighted by molar-refractivity contribution is 0.414. The van der Waals surface area contributed by atoms with Crippen molar-refractivity contribution in [1.82, 2.24) is 9.97 Å². The molecule has 2 aromatic heterocycles. The molecule has 2 heterocycles. The number of ether oxygens (including phenoxy) is 1. The molecule has 4 aromatic rings. The van der Waals surface area contributed by atoms with Crippen molar-refractivity contribution < 1.29 is 17.5 Å². The van der Waals surface area contributed by atoms with Crippen LogP contribution in [0.15, 0.2) is 71.9 Å². The Morgan fingerprint density at radius 1 is 0.967 bits per heavy atom. The number of rotatable bonds is 5. The van der Waals surface area contributed by atoms with E-state index in [1.807, 2.05) is 24.3 Å². The van der Waals surface area contributed by atoms with Gasteiger partial charge in [0.2, 0.25) is 0 Å². The molecule has 0 aliphatic rings. The minimum atomic E-state index is -3.96. The van der Waals surface area contributed by atoms with Crippen molar-refractivity contribution in [2.24, 2.45) is 0 Å². The molecule has 1 N–H and O–H groups in total. The summed E-state index contributed by atoms with van der Waals surface area (Å²) in [6.07, 6.45) is 3.18. The third-order valence-corrected chi connectivity index (χ3v) is 6.12. The van der Waals surface area contributed by atoms with Gasteiger partial charge in [-0.1, -0.05) is 17.7 Å². The van der Waals surface area contributed by atoms with E-state index in [0.29, 0.717) is 11.3 Å². The number of halogens is 2.